The number of ketones is 1. The van der Waals surface area contributed by atoms with Gasteiger partial charge in [-0.3, -0.25) is 9.78 Å². The Balaban J connectivity index is 2.54. The van der Waals surface area contributed by atoms with Gasteiger partial charge in [0, 0.05) is 12.6 Å². The summed E-state index contributed by atoms with van der Waals surface area (Å²) >= 11 is 0. The first kappa shape index (κ1) is 8.91. The highest BCUT2D eigenvalue weighted by molar-refractivity contribution is 5.94. The minimum atomic E-state index is 0.110. The second-order valence-corrected chi connectivity index (χ2v) is 2.60. The van der Waals surface area contributed by atoms with Gasteiger partial charge in [0.25, 0.3) is 0 Å². The predicted molar refractivity (Wildman–Crippen MR) is 47.8 cm³/mol. The van der Waals surface area contributed by atoms with E-state index in [1.807, 2.05) is 6.07 Å². The zero-order chi connectivity index (χ0) is 8.81. The first-order valence-corrected chi connectivity index (χ1v) is 4.08. The van der Waals surface area contributed by atoms with Crippen molar-refractivity contribution in [3.8, 4) is 0 Å². The summed E-state index contributed by atoms with van der Waals surface area (Å²) < 4.78 is 0. The summed E-state index contributed by atoms with van der Waals surface area (Å²) in [5.74, 6) is 0.110. The number of carbonyl (C=O) groups excluding carboxylic acids is 1. The molecule has 1 heterocycles. The Morgan fingerprint density at radius 2 is 2.33 bits per heavy atom. The Bertz CT molecular complexity index is 243. The van der Waals surface area contributed by atoms with E-state index in [9.17, 15) is 4.79 Å². The fourth-order valence-electron chi connectivity index (χ4n) is 0.941. The zero-order valence-electron chi connectivity index (χ0n) is 6.99. The highest BCUT2D eigenvalue weighted by atomic mass is 16.1. The molecule has 1 aromatic rings. The first-order chi connectivity index (χ1) is 5.84. The minimum absolute atomic E-state index is 0.110. The van der Waals surface area contributed by atoms with E-state index in [1.54, 1.807) is 18.3 Å². The average Bonchev–Trinajstić information content (AvgIpc) is 2.15. The molecule has 0 amide bonds. The molecule has 0 aliphatic rings. The Hall–Kier alpha value is -1.18. The molecule has 0 bridgehead atoms. The van der Waals surface area contributed by atoms with E-state index in [2.05, 4.69) is 11.9 Å². The van der Waals surface area contributed by atoms with Gasteiger partial charge in [0.2, 0.25) is 0 Å². The molecular formula is C10H12NO. The van der Waals surface area contributed by atoms with Crippen molar-refractivity contribution >= 4 is 5.78 Å². The molecular weight excluding hydrogens is 150 g/mol. The second kappa shape index (κ2) is 4.65. The summed E-state index contributed by atoms with van der Waals surface area (Å²) in [6.45, 7) is 3.68. The smallest absolute Gasteiger partial charge is 0.181 e. The molecule has 1 radical (unpaired) electrons. The maximum absolute atomic E-state index is 11.3. The van der Waals surface area contributed by atoms with Crippen molar-refractivity contribution in [2.45, 2.75) is 19.3 Å². The standard InChI is InChI=1S/C10H12NO/c1-2-3-7-10(12)9-6-4-5-8-11-9/h4-6,8H,1-3,7H2. The van der Waals surface area contributed by atoms with Gasteiger partial charge in [0.15, 0.2) is 5.78 Å². The molecule has 0 aromatic carbocycles. The Labute approximate surface area is 72.6 Å². The van der Waals surface area contributed by atoms with Gasteiger partial charge in [0.1, 0.15) is 5.69 Å². The molecule has 63 valence electrons. The molecule has 1 rings (SSSR count). The molecule has 2 nitrogen and oxygen atoms in total. The predicted octanol–water partition coefficient (Wildman–Crippen LogP) is 2.27. The third-order valence-electron chi connectivity index (χ3n) is 1.60. The molecule has 0 aliphatic carbocycles. The lowest BCUT2D eigenvalue weighted by atomic mass is 10.1. The number of unbranched alkanes of at least 4 members (excludes halogenated alkanes) is 1. The molecule has 0 spiro atoms. The van der Waals surface area contributed by atoms with Gasteiger partial charge in [-0.25, -0.2) is 0 Å². The van der Waals surface area contributed by atoms with Crippen molar-refractivity contribution in [3.05, 3.63) is 37.0 Å². The van der Waals surface area contributed by atoms with Crippen molar-refractivity contribution in [2.75, 3.05) is 0 Å². The fraction of sp³-hybridized carbons (Fsp3) is 0.300. The van der Waals surface area contributed by atoms with Gasteiger partial charge in [-0.1, -0.05) is 19.4 Å². The summed E-state index contributed by atoms with van der Waals surface area (Å²) in [7, 11) is 0. The molecule has 0 saturated carbocycles. The topological polar surface area (TPSA) is 30.0 Å². The van der Waals surface area contributed by atoms with Crippen molar-refractivity contribution in [2.24, 2.45) is 0 Å². The molecule has 12 heavy (non-hydrogen) atoms. The van der Waals surface area contributed by atoms with Crippen molar-refractivity contribution < 1.29 is 4.79 Å². The van der Waals surface area contributed by atoms with E-state index in [4.69, 9.17) is 0 Å². The molecule has 0 saturated heterocycles. The lowest BCUT2D eigenvalue weighted by molar-refractivity contribution is 0.0975. The monoisotopic (exact) mass is 162 g/mol. The number of rotatable bonds is 4. The van der Waals surface area contributed by atoms with Crippen molar-refractivity contribution in [1.29, 1.82) is 0 Å². The van der Waals surface area contributed by atoms with E-state index in [0.717, 1.165) is 12.8 Å². The number of hydrogen-bond acceptors (Lipinski definition) is 2. The van der Waals surface area contributed by atoms with Crippen LogP contribution in [0.5, 0.6) is 0 Å². The highest BCUT2D eigenvalue weighted by Crippen LogP contribution is 2.02. The summed E-state index contributed by atoms with van der Waals surface area (Å²) in [5, 5.41) is 0. The van der Waals surface area contributed by atoms with Crippen LogP contribution in [0.4, 0.5) is 0 Å². The minimum Gasteiger partial charge on any atom is -0.292 e. The Morgan fingerprint density at radius 1 is 1.50 bits per heavy atom. The van der Waals surface area contributed by atoms with Crippen LogP contribution in [0.15, 0.2) is 24.4 Å². The van der Waals surface area contributed by atoms with Gasteiger partial charge in [-0.2, -0.15) is 0 Å². The third-order valence-corrected chi connectivity index (χ3v) is 1.60. The maximum atomic E-state index is 11.3. The van der Waals surface area contributed by atoms with Crippen LogP contribution in [-0.2, 0) is 0 Å². The lowest BCUT2D eigenvalue weighted by Crippen LogP contribution is -2.00. The van der Waals surface area contributed by atoms with Crippen LogP contribution in [0, 0.1) is 6.92 Å². The average molecular weight is 162 g/mol. The van der Waals surface area contributed by atoms with Crippen LogP contribution in [0.3, 0.4) is 0 Å². The molecule has 1 aromatic heterocycles. The SMILES string of the molecule is [CH2]CCCC(=O)c1ccccn1. The second-order valence-electron chi connectivity index (χ2n) is 2.60. The van der Waals surface area contributed by atoms with Crippen LogP contribution < -0.4 is 0 Å². The van der Waals surface area contributed by atoms with E-state index >= 15 is 0 Å². The van der Waals surface area contributed by atoms with Gasteiger partial charge in [0.05, 0.1) is 0 Å². The largest absolute Gasteiger partial charge is 0.292 e. The van der Waals surface area contributed by atoms with Crippen LogP contribution in [0.2, 0.25) is 0 Å². The van der Waals surface area contributed by atoms with E-state index in [0.29, 0.717) is 12.1 Å². The third kappa shape index (κ3) is 2.46. The first-order valence-electron chi connectivity index (χ1n) is 4.08. The number of hydrogen-bond donors (Lipinski definition) is 0. The number of nitrogens with zero attached hydrogens (tertiary/aromatic N) is 1. The van der Waals surface area contributed by atoms with Gasteiger partial charge < -0.3 is 0 Å². The van der Waals surface area contributed by atoms with Gasteiger partial charge >= 0.3 is 0 Å². The van der Waals surface area contributed by atoms with E-state index < -0.39 is 0 Å². The van der Waals surface area contributed by atoms with E-state index in [1.165, 1.54) is 0 Å². The summed E-state index contributed by atoms with van der Waals surface area (Å²) in [6, 6.07) is 5.37. The fourth-order valence-corrected chi connectivity index (χ4v) is 0.941. The molecule has 0 aliphatic heterocycles. The molecule has 0 N–H and O–H groups in total. The van der Waals surface area contributed by atoms with Gasteiger partial charge in [-0.15, -0.1) is 0 Å². The van der Waals surface area contributed by atoms with Crippen LogP contribution in [0.1, 0.15) is 29.8 Å². The maximum Gasteiger partial charge on any atom is 0.181 e. The summed E-state index contributed by atoms with van der Waals surface area (Å²) in [5.41, 5.74) is 0.561. The van der Waals surface area contributed by atoms with Crippen LogP contribution in [0.25, 0.3) is 0 Å². The number of pyridine rings is 1. The number of aromatic nitrogens is 1. The number of Topliss-reactive ketones (excluding diaryl/α,β-unsaturated/α-hetero) is 1. The van der Waals surface area contributed by atoms with Gasteiger partial charge in [-0.05, 0) is 18.6 Å². The Morgan fingerprint density at radius 3 is 2.92 bits per heavy atom. The molecule has 2 heteroatoms. The normalized spacial score (nSPS) is 9.75. The summed E-state index contributed by atoms with van der Waals surface area (Å²) in [6.07, 6.45) is 3.84. The van der Waals surface area contributed by atoms with Crippen LogP contribution >= 0.6 is 0 Å². The quantitative estimate of drug-likeness (QED) is 0.636. The lowest BCUT2D eigenvalue weighted by Gasteiger charge is -1.96. The Kier molecular flexibility index (Phi) is 3.45. The van der Waals surface area contributed by atoms with Crippen LogP contribution in [-0.4, -0.2) is 10.8 Å². The number of carbonyl (C=O) groups is 1. The van der Waals surface area contributed by atoms with Crippen molar-refractivity contribution in [3.63, 3.8) is 0 Å². The van der Waals surface area contributed by atoms with Crippen molar-refractivity contribution in [1.82, 2.24) is 4.98 Å². The van der Waals surface area contributed by atoms with E-state index in [-0.39, 0.29) is 5.78 Å². The highest BCUT2D eigenvalue weighted by Gasteiger charge is 2.04. The molecule has 0 fully saturated rings. The molecule has 0 unspecified atom stereocenters. The molecule has 0 atom stereocenters. The zero-order valence-corrected chi connectivity index (χ0v) is 6.99. The summed E-state index contributed by atoms with van der Waals surface area (Å²) in [4.78, 5) is 15.3.